The van der Waals surface area contributed by atoms with Crippen LogP contribution in [0.1, 0.15) is 45.4 Å². The van der Waals surface area contributed by atoms with Crippen molar-refractivity contribution >= 4 is 11.9 Å². The van der Waals surface area contributed by atoms with E-state index in [4.69, 9.17) is 9.47 Å². The molecule has 4 fully saturated rings. The fourth-order valence-corrected chi connectivity index (χ4v) is 7.09. The van der Waals surface area contributed by atoms with Crippen molar-refractivity contribution in [1.82, 2.24) is 0 Å². The van der Waals surface area contributed by atoms with Crippen molar-refractivity contribution in [3.05, 3.63) is 23.8 Å². The van der Waals surface area contributed by atoms with E-state index in [1.54, 1.807) is 0 Å². The lowest BCUT2D eigenvalue weighted by Crippen LogP contribution is -2.46. The fourth-order valence-electron chi connectivity index (χ4n) is 7.09. The maximum absolute atomic E-state index is 12.9. The molecule has 4 nitrogen and oxygen atoms in total. The van der Waals surface area contributed by atoms with E-state index in [0.717, 1.165) is 38.5 Å². The Morgan fingerprint density at radius 2 is 2.21 bits per heavy atom. The molecule has 4 aliphatic carbocycles. The first-order valence-corrected chi connectivity index (χ1v) is 9.09. The Balaban J connectivity index is 1.78. The zero-order valence-electron chi connectivity index (χ0n) is 14.4. The van der Waals surface area contributed by atoms with Crippen molar-refractivity contribution in [3.8, 4) is 0 Å². The van der Waals surface area contributed by atoms with Crippen LogP contribution in [0.5, 0.6) is 0 Å². The van der Waals surface area contributed by atoms with Crippen LogP contribution in [-0.2, 0) is 19.1 Å². The third-order valence-electron chi connectivity index (χ3n) is 7.89. The molecule has 24 heavy (non-hydrogen) atoms. The zero-order valence-corrected chi connectivity index (χ0v) is 14.4. The van der Waals surface area contributed by atoms with E-state index >= 15 is 0 Å². The fraction of sp³-hybridized carbons (Fsp3) is 0.700. The Hall–Kier alpha value is -1.58. The van der Waals surface area contributed by atoms with Crippen molar-refractivity contribution in [2.45, 2.75) is 51.0 Å². The third kappa shape index (κ3) is 1.32. The molecule has 0 aromatic heterocycles. The van der Waals surface area contributed by atoms with Gasteiger partial charge in [0.25, 0.3) is 0 Å². The molecule has 0 N–H and O–H groups in total. The summed E-state index contributed by atoms with van der Waals surface area (Å²) < 4.78 is 11.4. The van der Waals surface area contributed by atoms with Gasteiger partial charge in [-0.2, -0.15) is 0 Å². The minimum absolute atomic E-state index is 0.0883. The number of carbonyl (C=O) groups excluding carboxylic acids is 2. The van der Waals surface area contributed by atoms with Crippen LogP contribution in [0.3, 0.4) is 0 Å². The molecule has 4 bridgehead atoms. The largest absolute Gasteiger partial charge is 0.469 e. The van der Waals surface area contributed by atoms with Crippen LogP contribution in [0, 0.1) is 28.6 Å². The van der Waals surface area contributed by atoms with Gasteiger partial charge >= 0.3 is 11.9 Å². The highest BCUT2D eigenvalue weighted by molar-refractivity contribution is 5.87. The lowest BCUT2D eigenvalue weighted by atomic mass is 9.60. The van der Waals surface area contributed by atoms with E-state index in [9.17, 15) is 9.59 Å². The summed E-state index contributed by atoms with van der Waals surface area (Å²) in [7, 11) is 1.47. The van der Waals surface area contributed by atoms with Crippen LogP contribution in [0.2, 0.25) is 0 Å². The Bertz CT molecular complexity index is 721. The third-order valence-corrected chi connectivity index (χ3v) is 7.89. The number of esters is 2. The maximum atomic E-state index is 12.9. The number of rotatable bonds is 1. The molecule has 0 amide bonds. The van der Waals surface area contributed by atoms with E-state index in [1.807, 2.05) is 6.92 Å². The van der Waals surface area contributed by atoms with Crippen LogP contribution < -0.4 is 0 Å². The van der Waals surface area contributed by atoms with E-state index in [1.165, 1.54) is 18.3 Å². The van der Waals surface area contributed by atoms with Gasteiger partial charge in [0.1, 0.15) is 5.60 Å². The summed E-state index contributed by atoms with van der Waals surface area (Å²) >= 11 is 0. The van der Waals surface area contributed by atoms with Crippen molar-refractivity contribution in [3.63, 3.8) is 0 Å². The van der Waals surface area contributed by atoms with Crippen molar-refractivity contribution in [1.29, 1.82) is 0 Å². The predicted molar refractivity (Wildman–Crippen MR) is 86.8 cm³/mol. The van der Waals surface area contributed by atoms with Crippen LogP contribution >= 0.6 is 0 Å². The summed E-state index contributed by atoms with van der Waals surface area (Å²) in [6.07, 6.45) is 7.68. The second-order valence-electron chi connectivity index (χ2n) is 8.77. The van der Waals surface area contributed by atoms with Gasteiger partial charge in [0.15, 0.2) is 0 Å². The van der Waals surface area contributed by atoms with Gasteiger partial charge in [0.2, 0.25) is 0 Å². The van der Waals surface area contributed by atoms with Gasteiger partial charge in [0.05, 0.1) is 18.4 Å². The highest BCUT2D eigenvalue weighted by Crippen LogP contribution is 2.76. The molecule has 0 unspecified atom stereocenters. The summed E-state index contributed by atoms with van der Waals surface area (Å²) in [5, 5.41) is 0. The van der Waals surface area contributed by atoms with Crippen molar-refractivity contribution < 1.29 is 19.1 Å². The van der Waals surface area contributed by atoms with Crippen molar-refractivity contribution in [2.75, 3.05) is 7.11 Å². The SMILES string of the molecule is C=C1C[C@]23C[C@H]1CC=C2[C@@]12CCC[C@@](C)(C(=O)O1)[C@H]2[C@@H]3C(=O)OC. The van der Waals surface area contributed by atoms with Gasteiger partial charge in [-0.05, 0) is 56.9 Å². The van der Waals surface area contributed by atoms with Crippen LogP contribution in [-0.4, -0.2) is 24.6 Å². The average molecular weight is 328 g/mol. The smallest absolute Gasteiger partial charge is 0.313 e. The summed E-state index contributed by atoms with van der Waals surface area (Å²) in [5.74, 6) is -0.204. The Labute approximate surface area is 142 Å². The molecule has 1 aliphatic heterocycles. The maximum Gasteiger partial charge on any atom is 0.313 e. The number of carbonyl (C=O) groups is 2. The van der Waals surface area contributed by atoms with Gasteiger partial charge < -0.3 is 9.47 Å². The normalized spacial score (nSPS) is 50.9. The van der Waals surface area contributed by atoms with Crippen molar-refractivity contribution in [2.24, 2.45) is 28.6 Å². The molecular weight excluding hydrogens is 304 g/mol. The minimum Gasteiger partial charge on any atom is -0.469 e. The van der Waals surface area contributed by atoms with Crippen LogP contribution in [0.15, 0.2) is 23.8 Å². The van der Waals surface area contributed by atoms with E-state index in [0.29, 0.717) is 5.92 Å². The first kappa shape index (κ1) is 14.7. The Morgan fingerprint density at radius 3 is 2.96 bits per heavy atom. The van der Waals surface area contributed by atoms with Crippen LogP contribution in [0.25, 0.3) is 0 Å². The van der Waals surface area contributed by atoms with Gasteiger partial charge in [-0.1, -0.05) is 18.2 Å². The summed E-state index contributed by atoms with van der Waals surface area (Å²) in [6, 6.07) is 0. The summed E-state index contributed by atoms with van der Waals surface area (Å²) in [6.45, 7) is 6.29. The second-order valence-corrected chi connectivity index (χ2v) is 8.77. The molecule has 6 atom stereocenters. The Kier molecular flexibility index (Phi) is 2.55. The average Bonchev–Trinajstić information content (AvgIpc) is 2.99. The molecule has 0 aromatic carbocycles. The van der Waals surface area contributed by atoms with Gasteiger partial charge in [0, 0.05) is 11.3 Å². The number of ether oxygens (including phenoxy) is 2. The number of hydrogen-bond donors (Lipinski definition) is 0. The van der Waals surface area contributed by atoms with Crippen LogP contribution in [0.4, 0.5) is 0 Å². The standard InChI is InChI=1S/C20H24O4/c1-11-9-19-10-12(11)5-6-13(19)20-8-4-7-18(2,17(22)24-20)15(20)14(19)16(21)23-3/h6,12,14-15H,1,4-5,7-10H2,2-3H3/t12-,14-,15-,18-,19+,20-/m1/s1. The predicted octanol–water partition coefficient (Wildman–Crippen LogP) is 3.17. The lowest BCUT2D eigenvalue weighted by molar-refractivity contribution is -0.154. The van der Waals surface area contributed by atoms with Gasteiger partial charge in [-0.25, -0.2) is 0 Å². The molecule has 1 spiro atoms. The highest BCUT2D eigenvalue weighted by atomic mass is 16.6. The summed E-state index contributed by atoms with van der Waals surface area (Å²) in [4.78, 5) is 25.7. The topological polar surface area (TPSA) is 52.6 Å². The molecule has 1 saturated heterocycles. The molecule has 128 valence electrons. The molecule has 0 radical (unpaired) electrons. The molecule has 5 aliphatic rings. The van der Waals surface area contributed by atoms with Gasteiger partial charge in [-0.15, -0.1) is 0 Å². The lowest BCUT2D eigenvalue weighted by Gasteiger charge is -2.39. The highest BCUT2D eigenvalue weighted by Gasteiger charge is 2.79. The molecule has 1 heterocycles. The molecule has 3 saturated carbocycles. The molecule has 5 rings (SSSR count). The van der Waals surface area contributed by atoms with E-state index < -0.39 is 11.0 Å². The second kappa shape index (κ2) is 4.14. The minimum atomic E-state index is -0.571. The van der Waals surface area contributed by atoms with Gasteiger partial charge in [-0.3, -0.25) is 9.59 Å². The number of methoxy groups -OCH3 is 1. The zero-order chi connectivity index (χ0) is 16.9. The molecular formula is C20H24O4. The Morgan fingerprint density at radius 1 is 1.42 bits per heavy atom. The quantitative estimate of drug-likeness (QED) is 0.548. The molecule has 0 aromatic rings. The monoisotopic (exact) mass is 328 g/mol. The number of hydrogen-bond acceptors (Lipinski definition) is 4. The molecule has 4 heteroatoms. The van der Waals surface area contributed by atoms with E-state index in [2.05, 4.69) is 12.7 Å². The first-order valence-electron chi connectivity index (χ1n) is 9.09. The van der Waals surface area contributed by atoms with E-state index in [-0.39, 0.29) is 29.2 Å². The summed E-state index contributed by atoms with van der Waals surface area (Å²) in [5.41, 5.74) is 1.10. The number of allylic oxidation sites excluding steroid dienone is 2. The first-order chi connectivity index (χ1) is 11.4. The number of fused-ring (bicyclic) bond motifs is 1.